The van der Waals surface area contributed by atoms with E-state index in [0.29, 0.717) is 0 Å². The Morgan fingerprint density at radius 2 is 1.34 bits per heavy atom. The minimum Gasteiger partial charge on any atom is -0.461 e. The van der Waals surface area contributed by atoms with E-state index in [4.69, 9.17) is 15.2 Å². The highest BCUT2D eigenvalue weighted by Crippen LogP contribution is 2.04. The lowest BCUT2D eigenvalue weighted by Crippen LogP contribution is -2.54. The largest absolute Gasteiger partial charge is 0.461 e. The Balaban J connectivity index is 1.83. The average Bonchev–Trinajstić information content (AvgIpc) is 2.80. The number of hydrogen-bond acceptors (Lipinski definition) is 7. The fourth-order valence-electron chi connectivity index (χ4n) is 2.56. The molecule has 3 amide bonds. The normalized spacial score (nSPS) is 12.2. The highest BCUT2D eigenvalue weighted by Gasteiger charge is 2.27. The van der Waals surface area contributed by atoms with E-state index in [1.807, 2.05) is 12.1 Å². The van der Waals surface area contributed by atoms with Gasteiger partial charge in [0.15, 0.2) is 0 Å². The molecule has 0 bridgehead atoms. The van der Waals surface area contributed by atoms with Crippen LogP contribution in [0.25, 0.3) is 0 Å². The molecule has 0 aliphatic carbocycles. The Morgan fingerprint density at radius 1 is 0.812 bits per heavy atom. The van der Waals surface area contributed by atoms with Gasteiger partial charge < -0.3 is 30.9 Å². The lowest BCUT2D eigenvalue weighted by atomic mass is 10.1. The van der Waals surface area contributed by atoms with Crippen LogP contribution in [0.5, 0.6) is 0 Å². The maximum Gasteiger partial charge on any atom is 0.408 e. The van der Waals surface area contributed by atoms with E-state index in [2.05, 4.69) is 10.6 Å². The third kappa shape index (κ3) is 8.44. The molecule has 170 valence electrons. The summed E-state index contributed by atoms with van der Waals surface area (Å²) in [5.74, 6) is -2.64. The Morgan fingerprint density at radius 3 is 1.84 bits per heavy atom. The second kappa shape index (κ2) is 12.7. The zero-order valence-corrected chi connectivity index (χ0v) is 17.2. The number of carbonyl (C=O) groups excluding carboxylic acids is 4. The van der Waals surface area contributed by atoms with Crippen LogP contribution in [0.4, 0.5) is 4.79 Å². The molecule has 32 heavy (non-hydrogen) atoms. The van der Waals surface area contributed by atoms with Crippen LogP contribution in [0.2, 0.25) is 0 Å². The first kappa shape index (κ1) is 24.4. The van der Waals surface area contributed by atoms with Crippen LogP contribution in [-0.2, 0) is 37.1 Å². The maximum atomic E-state index is 12.4. The predicted molar refractivity (Wildman–Crippen MR) is 113 cm³/mol. The monoisotopic (exact) mass is 443 g/mol. The number of carbonyl (C=O) groups is 4. The van der Waals surface area contributed by atoms with E-state index >= 15 is 0 Å². The zero-order valence-electron chi connectivity index (χ0n) is 17.2. The van der Waals surface area contributed by atoms with Crippen molar-refractivity contribution in [3.8, 4) is 0 Å². The summed E-state index contributed by atoms with van der Waals surface area (Å²) in [5, 5.41) is 13.9. The zero-order chi connectivity index (χ0) is 23.3. The van der Waals surface area contributed by atoms with E-state index < -0.39 is 49.0 Å². The molecule has 0 aliphatic heterocycles. The molecule has 2 aromatic rings. The SMILES string of the molecule is NC(=O)[C@H](CC(=O)OCc1ccccc1)NC(=O)[C@H](CO)NC(=O)OCc1ccccc1. The third-order valence-corrected chi connectivity index (χ3v) is 4.28. The third-order valence-electron chi connectivity index (χ3n) is 4.28. The second-order valence-corrected chi connectivity index (χ2v) is 6.76. The van der Waals surface area contributed by atoms with Gasteiger partial charge in [-0.25, -0.2) is 4.79 Å². The number of benzene rings is 2. The molecule has 0 spiro atoms. The van der Waals surface area contributed by atoms with Crippen molar-refractivity contribution in [1.82, 2.24) is 10.6 Å². The average molecular weight is 443 g/mol. The Labute approximate surface area is 184 Å². The summed E-state index contributed by atoms with van der Waals surface area (Å²) in [7, 11) is 0. The van der Waals surface area contributed by atoms with E-state index in [-0.39, 0.29) is 13.2 Å². The van der Waals surface area contributed by atoms with Crippen LogP contribution in [-0.4, -0.2) is 47.7 Å². The van der Waals surface area contributed by atoms with Gasteiger partial charge in [-0.2, -0.15) is 0 Å². The van der Waals surface area contributed by atoms with Crippen molar-refractivity contribution in [3.63, 3.8) is 0 Å². The van der Waals surface area contributed by atoms with Gasteiger partial charge in [0.1, 0.15) is 25.3 Å². The van der Waals surface area contributed by atoms with Gasteiger partial charge in [0.25, 0.3) is 0 Å². The summed E-state index contributed by atoms with van der Waals surface area (Å²) in [6.45, 7) is -0.813. The highest BCUT2D eigenvalue weighted by atomic mass is 16.5. The van der Waals surface area contributed by atoms with Crippen molar-refractivity contribution in [2.45, 2.75) is 31.7 Å². The molecule has 2 rings (SSSR count). The van der Waals surface area contributed by atoms with Crippen LogP contribution >= 0.6 is 0 Å². The number of alkyl carbamates (subject to hydrolysis) is 1. The van der Waals surface area contributed by atoms with Crippen LogP contribution in [0.1, 0.15) is 17.5 Å². The van der Waals surface area contributed by atoms with Crippen molar-refractivity contribution < 1.29 is 33.8 Å². The van der Waals surface area contributed by atoms with E-state index in [9.17, 15) is 24.3 Å². The van der Waals surface area contributed by atoms with Crippen molar-refractivity contribution >= 4 is 23.9 Å². The van der Waals surface area contributed by atoms with Crippen molar-refractivity contribution in [1.29, 1.82) is 0 Å². The molecule has 0 unspecified atom stereocenters. The molecule has 0 saturated heterocycles. The molecule has 5 N–H and O–H groups in total. The number of amides is 3. The quantitative estimate of drug-likeness (QED) is 0.366. The summed E-state index contributed by atoms with van der Waals surface area (Å²) in [4.78, 5) is 48.0. The number of ether oxygens (including phenoxy) is 2. The predicted octanol–water partition coefficient (Wildman–Crippen LogP) is 0.377. The van der Waals surface area contributed by atoms with E-state index in [1.54, 1.807) is 48.5 Å². The molecule has 10 nitrogen and oxygen atoms in total. The molecule has 10 heteroatoms. The first-order chi connectivity index (χ1) is 15.4. The van der Waals surface area contributed by atoms with Crippen LogP contribution in [0, 0.1) is 0 Å². The Hall–Kier alpha value is -3.92. The van der Waals surface area contributed by atoms with E-state index in [0.717, 1.165) is 11.1 Å². The first-order valence-corrected chi connectivity index (χ1v) is 9.76. The number of primary amides is 1. The lowest BCUT2D eigenvalue weighted by molar-refractivity contribution is -0.147. The smallest absolute Gasteiger partial charge is 0.408 e. The molecule has 0 saturated carbocycles. The van der Waals surface area contributed by atoms with Gasteiger partial charge in [-0.05, 0) is 11.1 Å². The summed E-state index contributed by atoms with van der Waals surface area (Å²) < 4.78 is 10.1. The minimum absolute atomic E-state index is 0.00677. The van der Waals surface area contributed by atoms with Crippen LogP contribution < -0.4 is 16.4 Å². The van der Waals surface area contributed by atoms with Gasteiger partial charge in [0.05, 0.1) is 13.0 Å². The number of aliphatic hydroxyl groups is 1. The minimum atomic E-state index is -1.42. The molecular weight excluding hydrogens is 418 g/mol. The van der Waals surface area contributed by atoms with Gasteiger partial charge in [0, 0.05) is 0 Å². The number of esters is 1. The summed E-state index contributed by atoms with van der Waals surface area (Å²) in [6.07, 6.45) is -1.45. The highest BCUT2D eigenvalue weighted by molar-refractivity contribution is 5.92. The molecule has 0 aliphatic rings. The van der Waals surface area contributed by atoms with Gasteiger partial charge in [-0.3, -0.25) is 14.4 Å². The number of nitrogens with two attached hydrogens (primary N) is 1. The standard InChI is InChI=1S/C22H25N3O7/c23-20(28)17(11-19(27)31-13-15-7-3-1-4-8-15)24-21(29)18(12-26)25-22(30)32-14-16-9-5-2-6-10-16/h1-10,17-18,26H,11-14H2,(H2,23,28)(H,24,29)(H,25,30)/t17-,18-/m0/s1. The van der Waals surface area contributed by atoms with Gasteiger partial charge in [0.2, 0.25) is 11.8 Å². The molecule has 0 fully saturated rings. The Kier molecular flexibility index (Phi) is 9.67. The van der Waals surface area contributed by atoms with Crippen molar-refractivity contribution in [3.05, 3.63) is 71.8 Å². The number of hydrogen-bond donors (Lipinski definition) is 4. The second-order valence-electron chi connectivity index (χ2n) is 6.76. The van der Waals surface area contributed by atoms with Gasteiger partial charge in [-0.1, -0.05) is 60.7 Å². The fourth-order valence-corrected chi connectivity index (χ4v) is 2.56. The maximum absolute atomic E-state index is 12.4. The molecule has 0 radical (unpaired) electrons. The summed E-state index contributed by atoms with van der Waals surface area (Å²) in [6, 6.07) is 14.9. The molecule has 2 aromatic carbocycles. The first-order valence-electron chi connectivity index (χ1n) is 9.76. The summed E-state index contributed by atoms with van der Waals surface area (Å²) >= 11 is 0. The molecular formula is C22H25N3O7. The van der Waals surface area contributed by atoms with Gasteiger partial charge in [-0.15, -0.1) is 0 Å². The van der Waals surface area contributed by atoms with Gasteiger partial charge >= 0.3 is 12.1 Å². The van der Waals surface area contributed by atoms with E-state index in [1.165, 1.54) is 0 Å². The molecule has 0 heterocycles. The van der Waals surface area contributed by atoms with Crippen molar-refractivity contribution in [2.24, 2.45) is 5.73 Å². The molecule has 0 aromatic heterocycles. The Bertz CT molecular complexity index is 906. The van der Waals surface area contributed by atoms with Crippen LogP contribution in [0.3, 0.4) is 0 Å². The fraction of sp³-hybridized carbons (Fsp3) is 0.273. The number of nitrogens with one attached hydrogen (secondary N) is 2. The number of aliphatic hydroxyl groups excluding tert-OH is 1. The van der Waals surface area contributed by atoms with Crippen molar-refractivity contribution in [2.75, 3.05) is 6.61 Å². The summed E-state index contributed by atoms with van der Waals surface area (Å²) in [5.41, 5.74) is 6.74. The lowest BCUT2D eigenvalue weighted by Gasteiger charge is -2.20. The number of rotatable bonds is 11. The topological polar surface area (TPSA) is 157 Å². The molecule has 2 atom stereocenters. The van der Waals surface area contributed by atoms with Crippen LogP contribution in [0.15, 0.2) is 60.7 Å².